The van der Waals surface area contributed by atoms with E-state index in [-0.39, 0.29) is 12.4 Å². The molecule has 98 valence electrons. The van der Waals surface area contributed by atoms with Gasteiger partial charge in [0.15, 0.2) is 0 Å². The highest BCUT2D eigenvalue weighted by molar-refractivity contribution is 5.85. The molecule has 4 heteroatoms. The number of nitrogens with one attached hydrogen (secondary N) is 1. The van der Waals surface area contributed by atoms with E-state index in [1.807, 2.05) is 0 Å². The molecular weight excluding hydrogens is 236 g/mol. The third kappa shape index (κ3) is 2.45. The van der Waals surface area contributed by atoms with Gasteiger partial charge < -0.3 is 10.2 Å². The maximum absolute atomic E-state index is 12.4. The van der Waals surface area contributed by atoms with Gasteiger partial charge in [-0.15, -0.1) is 12.4 Å². The van der Waals surface area contributed by atoms with Gasteiger partial charge in [0.2, 0.25) is 5.91 Å². The molecule has 3 rings (SSSR count). The number of hydrogen-bond donors (Lipinski definition) is 1. The Hall–Kier alpha value is -0.280. The van der Waals surface area contributed by atoms with Gasteiger partial charge in [-0.05, 0) is 31.6 Å². The molecule has 3 aliphatic rings. The fraction of sp³-hybridized carbons (Fsp3) is 0.923. The highest BCUT2D eigenvalue weighted by Gasteiger charge is 2.55. The van der Waals surface area contributed by atoms with Crippen LogP contribution in [0.5, 0.6) is 0 Å². The van der Waals surface area contributed by atoms with Gasteiger partial charge in [-0.25, -0.2) is 0 Å². The summed E-state index contributed by atoms with van der Waals surface area (Å²) in [7, 11) is 0. The number of amides is 1. The maximum Gasteiger partial charge on any atom is 0.226 e. The summed E-state index contributed by atoms with van der Waals surface area (Å²) in [5.74, 6) is 2.39. The van der Waals surface area contributed by atoms with Crippen molar-refractivity contribution in [1.82, 2.24) is 10.2 Å². The number of halogens is 1. The Bertz CT molecular complexity index is 281. The van der Waals surface area contributed by atoms with E-state index in [1.54, 1.807) is 0 Å². The quantitative estimate of drug-likeness (QED) is 0.776. The maximum atomic E-state index is 12.4. The molecule has 0 aromatic rings. The molecule has 3 fully saturated rings. The zero-order chi connectivity index (χ0) is 11.1. The fourth-order valence-electron chi connectivity index (χ4n) is 3.70. The van der Waals surface area contributed by atoms with Crippen molar-refractivity contribution in [3.05, 3.63) is 0 Å². The van der Waals surface area contributed by atoms with Crippen molar-refractivity contribution in [1.29, 1.82) is 0 Å². The highest BCUT2D eigenvalue weighted by atomic mass is 35.5. The molecule has 2 unspecified atom stereocenters. The molecule has 1 N–H and O–H groups in total. The summed E-state index contributed by atoms with van der Waals surface area (Å²) in [6.07, 6.45) is 5.32. The molecule has 0 aromatic carbocycles. The summed E-state index contributed by atoms with van der Waals surface area (Å²) in [6.45, 7) is 4.96. The van der Waals surface area contributed by atoms with E-state index in [0.29, 0.717) is 17.9 Å². The van der Waals surface area contributed by atoms with Crippen molar-refractivity contribution in [2.24, 2.45) is 17.8 Å². The largest absolute Gasteiger partial charge is 0.340 e. The van der Waals surface area contributed by atoms with Gasteiger partial charge in [0.25, 0.3) is 0 Å². The third-order valence-corrected chi connectivity index (χ3v) is 4.62. The second-order valence-electron chi connectivity index (χ2n) is 5.78. The Kier molecular flexibility index (Phi) is 3.99. The number of piperazine rings is 1. The predicted octanol–water partition coefficient (Wildman–Crippen LogP) is 1.66. The standard InChI is InChI=1S/C13H22N2O.ClH/c1-9-8-15(7-6-14-9)13(16)12-10-4-2-3-5-11(10)12;/h9-12,14H,2-8H2,1H3;1H/t9-,10?,11?,12?;/m1./s1. The van der Waals surface area contributed by atoms with Crippen LogP contribution in [0.1, 0.15) is 32.6 Å². The Labute approximate surface area is 110 Å². The van der Waals surface area contributed by atoms with Crippen molar-refractivity contribution < 1.29 is 4.79 Å². The first-order valence-electron chi connectivity index (χ1n) is 6.79. The molecule has 2 saturated carbocycles. The van der Waals surface area contributed by atoms with Crippen LogP contribution >= 0.6 is 12.4 Å². The molecule has 3 nitrogen and oxygen atoms in total. The molecule has 1 saturated heterocycles. The lowest BCUT2D eigenvalue weighted by Gasteiger charge is -2.32. The van der Waals surface area contributed by atoms with E-state index >= 15 is 0 Å². The third-order valence-electron chi connectivity index (χ3n) is 4.62. The topological polar surface area (TPSA) is 32.3 Å². The van der Waals surface area contributed by atoms with Crippen LogP contribution in [0.4, 0.5) is 0 Å². The number of nitrogens with zero attached hydrogens (tertiary/aromatic N) is 1. The molecule has 0 spiro atoms. The van der Waals surface area contributed by atoms with E-state index in [1.165, 1.54) is 25.7 Å². The molecule has 3 atom stereocenters. The van der Waals surface area contributed by atoms with Crippen molar-refractivity contribution >= 4 is 18.3 Å². The van der Waals surface area contributed by atoms with Crippen LogP contribution in [0.25, 0.3) is 0 Å². The van der Waals surface area contributed by atoms with Crippen molar-refractivity contribution in [3.63, 3.8) is 0 Å². The molecule has 2 aliphatic carbocycles. The van der Waals surface area contributed by atoms with Gasteiger partial charge >= 0.3 is 0 Å². The minimum Gasteiger partial charge on any atom is -0.340 e. The first-order chi connectivity index (χ1) is 7.77. The van der Waals surface area contributed by atoms with Crippen molar-refractivity contribution in [2.45, 2.75) is 38.6 Å². The monoisotopic (exact) mass is 258 g/mol. The van der Waals surface area contributed by atoms with Crippen LogP contribution in [0, 0.1) is 17.8 Å². The van der Waals surface area contributed by atoms with Gasteiger partial charge in [0.1, 0.15) is 0 Å². The molecule has 1 aliphatic heterocycles. The van der Waals surface area contributed by atoms with Crippen LogP contribution in [0.15, 0.2) is 0 Å². The molecule has 17 heavy (non-hydrogen) atoms. The molecule has 1 heterocycles. The summed E-state index contributed by atoms with van der Waals surface area (Å²) in [6, 6.07) is 0.471. The lowest BCUT2D eigenvalue weighted by atomic mass is 10.0. The van der Waals surface area contributed by atoms with Crippen molar-refractivity contribution in [2.75, 3.05) is 19.6 Å². The summed E-state index contributed by atoms with van der Waals surface area (Å²) in [4.78, 5) is 14.5. The zero-order valence-corrected chi connectivity index (χ0v) is 11.3. The fourth-order valence-corrected chi connectivity index (χ4v) is 3.70. The summed E-state index contributed by atoms with van der Waals surface area (Å²) in [5.41, 5.74) is 0. The van der Waals surface area contributed by atoms with Crippen molar-refractivity contribution in [3.8, 4) is 0 Å². The van der Waals surface area contributed by atoms with E-state index < -0.39 is 0 Å². The van der Waals surface area contributed by atoms with E-state index in [9.17, 15) is 4.79 Å². The average Bonchev–Trinajstić information content (AvgIpc) is 3.02. The van der Waals surface area contributed by atoms with Crippen LogP contribution in [-0.2, 0) is 4.79 Å². The van der Waals surface area contributed by atoms with Gasteiger partial charge in [-0.1, -0.05) is 12.8 Å². The minimum absolute atomic E-state index is 0. The first kappa shape index (κ1) is 13.2. The molecule has 1 amide bonds. The first-order valence-corrected chi connectivity index (χ1v) is 6.79. The van der Waals surface area contributed by atoms with Crippen LogP contribution < -0.4 is 5.32 Å². The molecule has 0 radical (unpaired) electrons. The summed E-state index contributed by atoms with van der Waals surface area (Å²) in [5, 5.41) is 3.39. The summed E-state index contributed by atoms with van der Waals surface area (Å²) < 4.78 is 0. The second kappa shape index (κ2) is 5.15. The van der Waals surface area contributed by atoms with Crippen LogP contribution in [-0.4, -0.2) is 36.5 Å². The lowest BCUT2D eigenvalue weighted by molar-refractivity contribution is -0.134. The van der Waals surface area contributed by atoms with Gasteiger partial charge in [0, 0.05) is 31.6 Å². The minimum atomic E-state index is 0. The van der Waals surface area contributed by atoms with E-state index in [4.69, 9.17) is 0 Å². The van der Waals surface area contributed by atoms with Crippen LogP contribution in [0.2, 0.25) is 0 Å². The zero-order valence-electron chi connectivity index (χ0n) is 10.5. The number of carbonyl (C=O) groups is 1. The van der Waals surface area contributed by atoms with E-state index in [0.717, 1.165) is 31.5 Å². The predicted molar refractivity (Wildman–Crippen MR) is 70.2 cm³/mol. The lowest BCUT2D eigenvalue weighted by Crippen LogP contribution is -2.52. The Morgan fingerprint density at radius 2 is 1.88 bits per heavy atom. The van der Waals surface area contributed by atoms with Gasteiger partial charge in [-0.3, -0.25) is 4.79 Å². The molecular formula is C13H23ClN2O. The molecule has 0 aromatic heterocycles. The SMILES string of the molecule is C[C@@H]1CN(C(=O)C2C3CCCCC32)CCN1.Cl. The Morgan fingerprint density at radius 1 is 1.24 bits per heavy atom. The Morgan fingerprint density at radius 3 is 2.47 bits per heavy atom. The van der Waals surface area contributed by atoms with Crippen LogP contribution in [0.3, 0.4) is 0 Å². The number of rotatable bonds is 1. The smallest absolute Gasteiger partial charge is 0.226 e. The number of fused-ring (bicyclic) bond motifs is 1. The van der Waals surface area contributed by atoms with E-state index in [2.05, 4.69) is 17.1 Å². The average molecular weight is 259 g/mol. The summed E-state index contributed by atoms with van der Waals surface area (Å²) >= 11 is 0. The number of carbonyl (C=O) groups excluding carboxylic acids is 1. The second-order valence-corrected chi connectivity index (χ2v) is 5.78. The normalized spacial score (nSPS) is 40.2. The number of hydrogen-bond acceptors (Lipinski definition) is 2. The molecule has 0 bridgehead atoms. The Balaban J connectivity index is 0.00000108. The highest BCUT2D eigenvalue weighted by Crippen LogP contribution is 2.56. The van der Waals surface area contributed by atoms with Gasteiger partial charge in [0.05, 0.1) is 0 Å². The van der Waals surface area contributed by atoms with Gasteiger partial charge in [-0.2, -0.15) is 0 Å².